The molecule has 6 heteroatoms. The summed E-state index contributed by atoms with van der Waals surface area (Å²) in [6.45, 7) is 1.96. The van der Waals surface area contributed by atoms with Gasteiger partial charge in [0.1, 0.15) is 11.6 Å². The van der Waals surface area contributed by atoms with E-state index in [1.54, 1.807) is 12.3 Å². The van der Waals surface area contributed by atoms with E-state index in [9.17, 15) is 4.39 Å². The summed E-state index contributed by atoms with van der Waals surface area (Å²) in [6, 6.07) is 6.50. The molecule has 0 aliphatic heterocycles. The lowest BCUT2D eigenvalue weighted by molar-refractivity contribution is 0.449. The minimum absolute atomic E-state index is 0.0712. The second kappa shape index (κ2) is 4.51. The van der Waals surface area contributed by atoms with E-state index >= 15 is 0 Å². The molecule has 3 aromatic rings. The first-order valence-electron chi connectivity index (χ1n) is 5.70. The Hall–Kier alpha value is -1.59. The smallest absolute Gasteiger partial charge is 0.178 e. The SMILES string of the molecule is CC(c1ccco1)n1c(=S)[nH]c2cc(F)c(Cl)cc21. The van der Waals surface area contributed by atoms with Crippen LogP contribution in [0.4, 0.5) is 4.39 Å². The molecule has 2 aromatic heterocycles. The monoisotopic (exact) mass is 296 g/mol. The van der Waals surface area contributed by atoms with Crippen molar-refractivity contribution >= 4 is 34.9 Å². The molecule has 3 nitrogen and oxygen atoms in total. The normalized spacial score (nSPS) is 13.0. The first kappa shape index (κ1) is 12.4. The van der Waals surface area contributed by atoms with Crippen molar-refractivity contribution < 1.29 is 8.81 Å². The Morgan fingerprint density at radius 3 is 2.95 bits per heavy atom. The van der Waals surface area contributed by atoms with Gasteiger partial charge in [-0.15, -0.1) is 0 Å². The van der Waals surface area contributed by atoms with Gasteiger partial charge in [0.15, 0.2) is 4.77 Å². The van der Waals surface area contributed by atoms with E-state index in [4.69, 9.17) is 28.2 Å². The molecule has 0 aliphatic carbocycles. The summed E-state index contributed by atoms with van der Waals surface area (Å²) in [5.41, 5.74) is 1.37. The summed E-state index contributed by atoms with van der Waals surface area (Å²) < 4.78 is 21.2. The number of nitrogens with one attached hydrogen (secondary N) is 1. The van der Waals surface area contributed by atoms with Gasteiger partial charge < -0.3 is 14.0 Å². The van der Waals surface area contributed by atoms with Crippen LogP contribution in [-0.2, 0) is 0 Å². The number of benzene rings is 1. The van der Waals surface area contributed by atoms with Gasteiger partial charge in [-0.2, -0.15) is 0 Å². The van der Waals surface area contributed by atoms with E-state index in [2.05, 4.69) is 4.98 Å². The summed E-state index contributed by atoms with van der Waals surface area (Å²) in [5.74, 6) is 0.306. The third-order valence-electron chi connectivity index (χ3n) is 3.10. The number of rotatable bonds is 2. The van der Waals surface area contributed by atoms with Crippen molar-refractivity contribution in [3.8, 4) is 0 Å². The van der Waals surface area contributed by atoms with E-state index < -0.39 is 5.82 Å². The molecule has 1 atom stereocenters. The molecule has 1 N–H and O–H groups in total. The average molecular weight is 297 g/mol. The van der Waals surface area contributed by atoms with Crippen LogP contribution < -0.4 is 0 Å². The highest BCUT2D eigenvalue weighted by Gasteiger charge is 2.16. The average Bonchev–Trinajstić information content (AvgIpc) is 2.97. The zero-order valence-corrected chi connectivity index (χ0v) is 11.6. The summed E-state index contributed by atoms with van der Waals surface area (Å²) >= 11 is 11.1. The number of hydrogen-bond acceptors (Lipinski definition) is 2. The second-order valence-corrected chi connectivity index (χ2v) is 5.07. The minimum atomic E-state index is -0.469. The topological polar surface area (TPSA) is 33.9 Å². The van der Waals surface area contributed by atoms with Gasteiger partial charge in [0.05, 0.1) is 28.4 Å². The quantitative estimate of drug-likeness (QED) is 0.696. The lowest BCUT2D eigenvalue weighted by Crippen LogP contribution is -2.05. The number of fused-ring (bicyclic) bond motifs is 1. The van der Waals surface area contributed by atoms with Gasteiger partial charge in [0.2, 0.25) is 0 Å². The molecule has 1 unspecified atom stereocenters. The Bertz CT molecular complexity index is 791. The molecule has 0 fully saturated rings. The highest BCUT2D eigenvalue weighted by molar-refractivity contribution is 7.71. The number of aromatic nitrogens is 2. The van der Waals surface area contributed by atoms with Gasteiger partial charge in [-0.3, -0.25) is 0 Å². The lowest BCUT2D eigenvalue weighted by atomic mass is 10.2. The van der Waals surface area contributed by atoms with Crippen LogP contribution in [0.15, 0.2) is 34.9 Å². The highest BCUT2D eigenvalue weighted by Crippen LogP contribution is 2.28. The van der Waals surface area contributed by atoms with E-state index in [1.807, 2.05) is 23.6 Å². The van der Waals surface area contributed by atoms with Crippen LogP contribution in [-0.4, -0.2) is 9.55 Å². The van der Waals surface area contributed by atoms with E-state index in [1.165, 1.54) is 6.07 Å². The van der Waals surface area contributed by atoms with Crippen LogP contribution in [0.2, 0.25) is 5.02 Å². The lowest BCUT2D eigenvalue weighted by Gasteiger charge is -2.12. The van der Waals surface area contributed by atoms with Crippen molar-refractivity contribution in [1.82, 2.24) is 9.55 Å². The molecule has 98 valence electrons. The molecule has 3 rings (SSSR count). The second-order valence-electron chi connectivity index (χ2n) is 4.28. The summed E-state index contributed by atoms with van der Waals surface area (Å²) in [7, 11) is 0. The Kier molecular flexibility index (Phi) is 2.95. The van der Waals surface area contributed by atoms with Gasteiger partial charge in [-0.1, -0.05) is 11.6 Å². The number of furan rings is 1. The van der Waals surface area contributed by atoms with Crippen molar-refractivity contribution in [3.05, 3.63) is 51.9 Å². The van der Waals surface area contributed by atoms with Crippen molar-refractivity contribution in [2.45, 2.75) is 13.0 Å². The number of imidazole rings is 1. The molecule has 0 saturated heterocycles. The van der Waals surface area contributed by atoms with Gasteiger partial charge in [-0.25, -0.2) is 4.39 Å². The van der Waals surface area contributed by atoms with Crippen molar-refractivity contribution in [2.75, 3.05) is 0 Å². The van der Waals surface area contributed by atoms with E-state index in [0.717, 1.165) is 11.3 Å². The van der Waals surface area contributed by atoms with Crippen LogP contribution in [0, 0.1) is 10.6 Å². The minimum Gasteiger partial charge on any atom is -0.467 e. The first-order chi connectivity index (χ1) is 9.08. The maximum atomic E-state index is 13.5. The zero-order valence-electron chi connectivity index (χ0n) is 9.98. The largest absolute Gasteiger partial charge is 0.467 e. The molecule has 0 aliphatic rings. The number of nitrogens with zero attached hydrogens (tertiary/aromatic N) is 1. The van der Waals surface area contributed by atoms with Crippen LogP contribution in [0.1, 0.15) is 18.7 Å². The fourth-order valence-corrected chi connectivity index (χ4v) is 2.69. The van der Waals surface area contributed by atoms with E-state index in [0.29, 0.717) is 10.3 Å². The van der Waals surface area contributed by atoms with E-state index in [-0.39, 0.29) is 11.1 Å². The summed E-state index contributed by atoms with van der Waals surface area (Å²) in [6.07, 6.45) is 1.61. The molecule has 0 bridgehead atoms. The third kappa shape index (κ3) is 1.99. The molecule has 0 radical (unpaired) electrons. The number of H-pyrrole nitrogens is 1. The molecule has 0 spiro atoms. The Labute approximate surface area is 118 Å². The van der Waals surface area contributed by atoms with Gasteiger partial charge in [-0.05, 0) is 37.3 Å². The van der Waals surface area contributed by atoms with Crippen LogP contribution in [0.5, 0.6) is 0 Å². The maximum Gasteiger partial charge on any atom is 0.178 e. The fourth-order valence-electron chi connectivity index (χ4n) is 2.16. The molecule has 0 saturated carbocycles. The number of halogens is 2. The van der Waals surface area contributed by atoms with Crippen molar-refractivity contribution in [3.63, 3.8) is 0 Å². The van der Waals surface area contributed by atoms with Gasteiger partial charge in [0, 0.05) is 6.07 Å². The van der Waals surface area contributed by atoms with Crippen molar-refractivity contribution in [1.29, 1.82) is 0 Å². The third-order valence-corrected chi connectivity index (χ3v) is 3.69. The maximum absolute atomic E-state index is 13.5. The number of aromatic amines is 1. The molecule has 0 amide bonds. The van der Waals surface area contributed by atoms with Crippen LogP contribution in [0.3, 0.4) is 0 Å². The Morgan fingerprint density at radius 1 is 1.47 bits per heavy atom. The molecule has 19 heavy (non-hydrogen) atoms. The molecule has 2 heterocycles. The summed E-state index contributed by atoms with van der Waals surface area (Å²) in [4.78, 5) is 2.98. The summed E-state index contributed by atoms with van der Waals surface area (Å²) in [5, 5.41) is 0.0712. The molecular weight excluding hydrogens is 287 g/mol. The Balaban J connectivity index is 2.26. The first-order valence-corrected chi connectivity index (χ1v) is 6.49. The predicted octanol–water partition coefficient (Wildman–Crippen LogP) is 4.69. The van der Waals surface area contributed by atoms with Crippen LogP contribution >= 0.6 is 23.8 Å². The molecule has 1 aromatic carbocycles. The molecular formula is C13H10ClFN2OS. The van der Waals surface area contributed by atoms with Gasteiger partial charge in [0.25, 0.3) is 0 Å². The standard InChI is InChI=1S/C13H10ClFN2OS/c1-7(12-3-2-4-18-12)17-11-5-8(14)9(15)6-10(11)16-13(17)19/h2-7H,1H3,(H,16,19). The highest BCUT2D eigenvalue weighted by atomic mass is 35.5. The Morgan fingerprint density at radius 2 is 2.26 bits per heavy atom. The predicted molar refractivity (Wildman–Crippen MR) is 74.6 cm³/mol. The fraction of sp³-hybridized carbons (Fsp3) is 0.154. The number of hydrogen-bond donors (Lipinski definition) is 1. The van der Waals surface area contributed by atoms with Crippen molar-refractivity contribution in [2.24, 2.45) is 0 Å². The van der Waals surface area contributed by atoms with Crippen LogP contribution in [0.25, 0.3) is 11.0 Å². The zero-order chi connectivity index (χ0) is 13.6. The van der Waals surface area contributed by atoms with Gasteiger partial charge >= 0.3 is 0 Å².